The summed E-state index contributed by atoms with van der Waals surface area (Å²) in [4.78, 5) is 30.4. The van der Waals surface area contributed by atoms with Gasteiger partial charge in [0.15, 0.2) is 5.78 Å². The number of aromatic nitrogens is 1. The lowest BCUT2D eigenvalue weighted by molar-refractivity contribution is 0.0729. The molecule has 1 aliphatic heterocycles. The van der Waals surface area contributed by atoms with Crippen molar-refractivity contribution in [1.29, 1.82) is 0 Å². The molecule has 0 aliphatic carbocycles. The van der Waals surface area contributed by atoms with Gasteiger partial charge in [-0.3, -0.25) is 9.59 Å². The predicted molar refractivity (Wildman–Crippen MR) is 99.1 cm³/mol. The third-order valence-corrected chi connectivity index (χ3v) is 5.27. The predicted octanol–water partition coefficient (Wildman–Crippen LogP) is 4.37. The lowest BCUT2D eigenvalue weighted by Crippen LogP contribution is -2.31. The number of benzene rings is 1. The summed E-state index contributed by atoms with van der Waals surface area (Å²) < 4.78 is 0. The Morgan fingerprint density at radius 1 is 1.24 bits per heavy atom. The topological polar surface area (TPSA) is 53.2 Å². The molecule has 2 aromatic rings. The molecule has 0 spiro atoms. The van der Waals surface area contributed by atoms with E-state index in [0.717, 1.165) is 30.6 Å². The van der Waals surface area contributed by atoms with Gasteiger partial charge >= 0.3 is 0 Å². The summed E-state index contributed by atoms with van der Waals surface area (Å²) in [6, 6.07) is 8.40. The largest absolute Gasteiger partial charge is 0.354 e. The molecule has 132 valence electrons. The molecule has 0 radical (unpaired) electrons. The second-order valence-corrected chi connectivity index (χ2v) is 6.90. The summed E-state index contributed by atoms with van der Waals surface area (Å²) in [5, 5.41) is 0. The SMILES string of the molecule is CCc1c(C(=O)N2CCC[C@H]2c2ccccc2C)[nH]c(C)c1C(C)=O. The standard InChI is InChI=1S/C21H26N2O2/c1-5-16-19(15(4)24)14(3)22-20(16)21(25)23-12-8-11-18(23)17-10-7-6-9-13(17)2/h6-7,9-10,18,22H,5,8,11-12H2,1-4H3/t18-/m0/s1. The quantitative estimate of drug-likeness (QED) is 0.842. The van der Waals surface area contributed by atoms with Gasteiger partial charge in [0.1, 0.15) is 5.69 Å². The minimum Gasteiger partial charge on any atom is -0.354 e. The van der Waals surface area contributed by atoms with Crippen LogP contribution < -0.4 is 0 Å². The number of ketones is 1. The maximum absolute atomic E-state index is 13.3. The van der Waals surface area contributed by atoms with Crippen LogP contribution in [0.4, 0.5) is 0 Å². The van der Waals surface area contributed by atoms with Gasteiger partial charge in [0.05, 0.1) is 6.04 Å². The molecule has 1 amide bonds. The highest BCUT2D eigenvalue weighted by molar-refractivity contribution is 6.02. The second kappa shape index (κ2) is 6.87. The summed E-state index contributed by atoms with van der Waals surface area (Å²) in [6.45, 7) is 8.29. The average molecular weight is 338 g/mol. The Kier molecular flexibility index (Phi) is 4.80. The molecule has 0 bridgehead atoms. The average Bonchev–Trinajstić information content (AvgIpc) is 3.18. The van der Waals surface area contributed by atoms with Crippen molar-refractivity contribution in [2.75, 3.05) is 6.54 Å². The van der Waals surface area contributed by atoms with E-state index in [9.17, 15) is 9.59 Å². The molecule has 4 heteroatoms. The summed E-state index contributed by atoms with van der Waals surface area (Å²) in [5.74, 6) is 0.0275. The fraction of sp³-hybridized carbons (Fsp3) is 0.429. The highest BCUT2D eigenvalue weighted by atomic mass is 16.2. The van der Waals surface area contributed by atoms with E-state index in [-0.39, 0.29) is 17.7 Å². The Morgan fingerprint density at radius 3 is 2.60 bits per heavy atom. The van der Waals surface area contributed by atoms with Crippen molar-refractivity contribution in [2.24, 2.45) is 0 Å². The zero-order valence-corrected chi connectivity index (χ0v) is 15.5. The number of aryl methyl sites for hydroxylation is 2. The van der Waals surface area contributed by atoms with E-state index >= 15 is 0 Å². The van der Waals surface area contributed by atoms with Crippen LogP contribution in [0.15, 0.2) is 24.3 Å². The minimum absolute atomic E-state index is 0.0122. The lowest BCUT2D eigenvalue weighted by atomic mass is 9.98. The van der Waals surface area contributed by atoms with E-state index in [1.807, 2.05) is 30.9 Å². The van der Waals surface area contributed by atoms with Crippen LogP contribution in [0, 0.1) is 13.8 Å². The van der Waals surface area contributed by atoms with E-state index in [2.05, 4.69) is 24.0 Å². The number of H-pyrrole nitrogens is 1. The first kappa shape index (κ1) is 17.5. The minimum atomic E-state index is 0.0122. The van der Waals surface area contributed by atoms with Crippen LogP contribution in [0.2, 0.25) is 0 Å². The van der Waals surface area contributed by atoms with E-state index < -0.39 is 0 Å². The number of hydrogen-bond donors (Lipinski definition) is 1. The first-order chi connectivity index (χ1) is 12.0. The van der Waals surface area contributed by atoms with Crippen LogP contribution in [0.5, 0.6) is 0 Å². The van der Waals surface area contributed by atoms with Gasteiger partial charge < -0.3 is 9.88 Å². The van der Waals surface area contributed by atoms with Crippen LogP contribution in [0.3, 0.4) is 0 Å². The smallest absolute Gasteiger partial charge is 0.271 e. The van der Waals surface area contributed by atoms with Crippen molar-refractivity contribution in [3.63, 3.8) is 0 Å². The van der Waals surface area contributed by atoms with E-state index in [1.54, 1.807) is 6.92 Å². The van der Waals surface area contributed by atoms with E-state index in [1.165, 1.54) is 11.1 Å². The van der Waals surface area contributed by atoms with Gasteiger partial charge in [0, 0.05) is 17.8 Å². The molecule has 1 atom stereocenters. The van der Waals surface area contributed by atoms with Gasteiger partial charge in [0.2, 0.25) is 0 Å². The molecule has 25 heavy (non-hydrogen) atoms. The van der Waals surface area contributed by atoms with Crippen LogP contribution >= 0.6 is 0 Å². The highest BCUT2D eigenvalue weighted by Crippen LogP contribution is 2.35. The molecule has 2 heterocycles. The number of carbonyl (C=O) groups excluding carboxylic acids is 2. The van der Waals surface area contributed by atoms with Crippen molar-refractivity contribution in [2.45, 2.75) is 53.0 Å². The van der Waals surface area contributed by atoms with Crippen LogP contribution in [-0.2, 0) is 6.42 Å². The molecular formula is C21H26N2O2. The normalized spacial score (nSPS) is 17.1. The Balaban J connectivity index is 1.99. The van der Waals surface area contributed by atoms with Crippen molar-refractivity contribution in [3.8, 4) is 0 Å². The first-order valence-electron chi connectivity index (χ1n) is 9.04. The number of rotatable bonds is 4. The number of aromatic amines is 1. The van der Waals surface area contributed by atoms with Gasteiger partial charge in [-0.2, -0.15) is 0 Å². The summed E-state index contributed by atoms with van der Waals surface area (Å²) >= 11 is 0. The summed E-state index contributed by atoms with van der Waals surface area (Å²) in [7, 11) is 0. The van der Waals surface area contributed by atoms with Gasteiger partial charge in [-0.1, -0.05) is 31.2 Å². The number of nitrogens with zero attached hydrogens (tertiary/aromatic N) is 1. The fourth-order valence-electron chi connectivity index (χ4n) is 4.13. The molecule has 0 saturated carbocycles. The number of hydrogen-bond acceptors (Lipinski definition) is 2. The van der Waals surface area contributed by atoms with Gasteiger partial charge in [-0.25, -0.2) is 0 Å². The fourth-order valence-corrected chi connectivity index (χ4v) is 4.13. The number of carbonyl (C=O) groups is 2. The van der Waals surface area contributed by atoms with Crippen molar-refractivity contribution in [1.82, 2.24) is 9.88 Å². The van der Waals surface area contributed by atoms with Crippen molar-refractivity contribution < 1.29 is 9.59 Å². The molecule has 1 aliphatic rings. The van der Waals surface area contributed by atoms with Crippen LogP contribution in [0.25, 0.3) is 0 Å². The number of nitrogens with one attached hydrogen (secondary N) is 1. The zero-order valence-electron chi connectivity index (χ0n) is 15.5. The maximum Gasteiger partial charge on any atom is 0.271 e. The Morgan fingerprint density at radius 2 is 1.96 bits per heavy atom. The number of likely N-dealkylation sites (tertiary alicyclic amines) is 1. The van der Waals surface area contributed by atoms with Gasteiger partial charge in [0.25, 0.3) is 5.91 Å². The third-order valence-electron chi connectivity index (χ3n) is 5.27. The number of Topliss-reactive ketones (excluding diaryl/α,β-unsaturated/α-hetero) is 1. The molecule has 4 nitrogen and oxygen atoms in total. The van der Waals surface area contributed by atoms with Gasteiger partial charge in [-0.05, 0) is 56.7 Å². The first-order valence-corrected chi connectivity index (χ1v) is 9.04. The second-order valence-electron chi connectivity index (χ2n) is 6.90. The Labute approximate surface area is 149 Å². The van der Waals surface area contributed by atoms with E-state index in [0.29, 0.717) is 17.7 Å². The molecule has 3 rings (SSSR count). The van der Waals surface area contributed by atoms with Crippen LogP contribution in [0.1, 0.15) is 76.0 Å². The third kappa shape index (κ3) is 3.01. The zero-order chi connectivity index (χ0) is 18.1. The summed E-state index contributed by atoms with van der Waals surface area (Å²) in [5.41, 5.74) is 5.35. The summed E-state index contributed by atoms with van der Waals surface area (Å²) in [6.07, 6.45) is 2.66. The Hall–Kier alpha value is -2.36. The molecule has 1 aromatic heterocycles. The van der Waals surface area contributed by atoms with Crippen LogP contribution in [-0.4, -0.2) is 28.1 Å². The number of amides is 1. The van der Waals surface area contributed by atoms with E-state index in [4.69, 9.17) is 0 Å². The van der Waals surface area contributed by atoms with Crippen molar-refractivity contribution >= 4 is 11.7 Å². The lowest BCUT2D eigenvalue weighted by Gasteiger charge is -2.26. The molecule has 1 saturated heterocycles. The molecule has 0 unspecified atom stereocenters. The molecule has 1 N–H and O–H groups in total. The Bertz CT molecular complexity index is 819. The molecule has 1 fully saturated rings. The van der Waals surface area contributed by atoms with Gasteiger partial charge in [-0.15, -0.1) is 0 Å². The highest BCUT2D eigenvalue weighted by Gasteiger charge is 2.34. The molecule has 1 aromatic carbocycles. The molecular weight excluding hydrogens is 312 g/mol. The maximum atomic E-state index is 13.3. The van der Waals surface area contributed by atoms with Crippen molar-refractivity contribution in [3.05, 3.63) is 57.9 Å². The monoisotopic (exact) mass is 338 g/mol.